The van der Waals surface area contributed by atoms with Crippen molar-refractivity contribution >= 4 is 5.65 Å². The topological polar surface area (TPSA) is 43.1 Å². The van der Waals surface area contributed by atoms with Crippen LogP contribution in [0.3, 0.4) is 0 Å². The van der Waals surface area contributed by atoms with Crippen molar-refractivity contribution in [3.63, 3.8) is 0 Å². The summed E-state index contributed by atoms with van der Waals surface area (Å²) in [4.78, 5) is 8.61. The number of imidazole rings is 1. The first kappa shape index (κ1) is 13.6. The Kier molecular flexibility index (Phi) is 3.35. The molecular formula is C19H16N4. The Morgan fingerprint density at radius 2 is 1.96 bits per heavy atom. The smallest absolute Gasteiger partial charge is 0.154 e. The van der Waals surface area contributed by atoms with E-state index in [4.69, 9.17) is 5.10 Å². The number of fused-ring (bicyclic) bond motifs is 1. The first-order chi connectivity index (χ1) is 11.3. The van der Waals surface area contributed by atoms with Gasteiger partial charge in [0, 0.05) is 24.4 Å². The van der Waals surface area contributed by atoms with Crippen LogP contribution in [0.1, 0.15) is 16.8 Å². The molecule has 4 rings (SSSR count). The molecule has 0 saturated carbocycles. The molecule has 0 aliphatic heterocycles. The number of nitrogens with zero attached hydrogens (tertiary/aromatic N) is 4. The van der Waals surface area contributed by atoms with Crippen molar-refractivity contribution < 1.29 is 0 Å². The SMILES string of the molecule is Cc1cccc(Cc2ccc3ncc(-c4cccnc4)n3n2)c1. The van der Waals surface area contributed by atoms with Crippen molar-refractivity contribution in [3.8, 4) is 11.3 Å². The molecule has 0 aliphatic rings. The summed E-state index contributed by atoms with van der Waals surface area (Å²) in [5.41, 5.74) is 6.37. The highest BCUT2D eigenvalue weighted by Crippen LogP contribution is 2.19. The molecule has 3 aromatic heterocycles. The minimum Gasteiger partial charge on any atom is -0.264 e. The van der Waals surface area contributed by atoms with Gasteiger partial charge in [0.05, 0.1) is 17.6 Å². The number of aromatic nitrogens is 4. The molecule has 0 fully saturated rings. The van der Waals surface area contributed by atoms with Crippen molar-refractivity contribution in [2.45, 2.75) is 13.3 Å². The molecule has 0 aliphatic carbocycles. The van der Waals surface area contributed by atoms with E-state index in [1.165, 1.54) is 11.1 Å². The summed E-state index contributed by atoms with van der Waals surface area (Å²) < 4.78 is 1.89. The Balaban J connectivity index is 1.75. The summed E-state index contributed by atoms with van der Waals surface area (Å²) in [5.74, 6) is 0. The number of aryl methyl sites for hydroxylation is 1. The molecule has 4 nitrogen and oxygen atoms in total. The zero-order valence-electron chi connectivity index (χ0n) is 12.8. The van der Waals surface area contributed by atoms with Gasteiger partial charge in [0.2, 0.25) is 0 Å². The van der Waals surface area contributed by atoms with E-state index in [0.717, 1.165) is 29.0 Å². The fourth-order valence-electron chi connectivity index (χ4n) is 2.75. The van der Waals surface area contributed by atoms with E-state index >= 15 is 0 Å². The first-order valence-electron chi connectivity index (χ1n) is 7.59. The average molecular weight is 300 g/mol. The van der Waals surface area contributed by atoms with Gasteiger partial charge in [0.1, 0.15) is 0 Å². The summed E-state index contributed by atoms with van der Waals surface area (Å²) in [7, 11) is 0. The summed E-state index contributed by atoms with van der Waals surface area (Å²) in [6, 6.07) is 16.5. The van der Waals surface area contributed by atoms with E-state index in [-0.39, 0.29) is 0 Å². The van der Waals surface area contributed by atoms with Gasteiger partial charge in [-0.3, -0.25) is 4.98 Å². The van der Waals surface area contributed by atoms with Crippen LogP contribution in [0.2, 0.25) is 0 Å². The van der Waals surface area contributed by atoms with Gasteiger partial charge in [0.15, 0.2) is 5.65 Å². The summed E-state index contributed by atoms with van der Waals surface area (Å²) in [5, 5.41) is 4.76. The van der Waals surface area contributed by atoms with Crippen LogP contribution in [-0.4, -0.2) is 19.6 Å². The molecule has 1 aromatic carbocycles. The summed E-state index contributed by atoms with van der Waals surface area (Å²) >= 11 is 0. The molecule has 4 aromatic rings. The van der Waals surface area contributed by atoms with E-state index < -0.39 is 0 Å². The fraction of sp³-hybridized carbons (Fsp3) is 0.105. The quantitative estimate of drug-likeness (QED) is 0.579. The predicted molar refractivity (Wildman–Crippen MR) is 90.2 cm³/mol. The molecule has 0 saturated heterocycles. The largest absolute Gasteiger partial charge is 0.264 e. The first-order valence-corrected chi connectivity index (χ1v) is 7.59. The number of rotatable bonds is 3. The zero-order chi connectivity index (χ0) is 15.6. The van der Waals surface area contributed by atoms with Gasteiger partial charge < -0.3 is 0 Å². The van der Waals surface area contributed by atoms with E-state index in [9.17, 15) is 0 Å². The third-order valence-electron chi connectivity index (χ3n) is 3.84. The Morgan fingerprint density at radius 1 is 1.00 bits per heavy atom. The average Bonchev–Trinajstić information content (AvgIpc) is 2.99. The van der Waals surface area contributed by atoms with Gasteiger partial charge in [0.25, 0.3) is 0 Å². The molecule has 0 amide bonds. The maximum Gasteiger partial charge on any atom is 0.154 e. The van der Waals surface area contributed by atoms with Gasteiger partial charge >= 0.3 is 0 Å². The second kappa shape index (κ2) is 5.65. The molecule has 0 spiro atoms. The van der Waals surface area contributed by atoms with Gasteiger partial charge in [-0.1, -0.05) is 29.8 Å². The molecule has 23 heavy (non-hydrogen) atoms. The van der Waals surface area contributed by atoms with Crippen molar-refractivity contribution in [3.05, 3.63) is 83.9 Å². The summed E-state index contributed by atoms with van der Waals surface area (Å²) in [6.45, 7) is 2.11. The summed E-state index contributed by atoms with van der Waals surface area (Å²) in [6.07, 6.45) is 6.25. The number of pyridine rings is 1. The molecule has 4 heteroatoms. The van der Waals surface area contributed by atoms with E-state index in [1.807, 2.05) is 41.2 Å². The second-order valence-electron chi connectivity index (χ2n) is 5.65. The van der Waals surface area contributed by atoms with Crippen LogP contribution in [0, 0.1) is 6.92 Å². The van der Waals surface area contributed by atoms with E-state index in [0.29, 0.717) is 0 Å². The monoisotopic (exact) mass is 300 g/mol. The number of benzene rings is 1. The Bertz CT molecular complexity index is 957. The van der Waals surface area contributed by atoms with Crippen molar-refractivity contribution in [2.75, 3.05) is 0 Å². The molecule has 0 radical (unpaired) electrons. The predicted octanol–water partition coefficient (Wildman–Crippen LogP) is 3.69. The minimum absolute atomic E-state index is 0.808. The lowest BCUT2D eigenvalue weighted by atomic mass is 10.1. The minimum atomic E-state index is 0.808. The van der Waals surface area contributed by atoms with Gasteiger partial charge in [-0.05, 0) is 36.8 Å². The van der Waals surface area contributed by atoms with Crippen LogP contribution in [0.15, 0.2) is 67.1 Å². The van der Waals surface area contributed by atoms with Crippen molar-refractivity contribution in [2.24, 2.45) is 0 Å². The molecule has 112 valence electrons. The van der Waals surface area contributed by atoms with Crippen LogP contribution in [0.5, 0.6) is 0 Å². The third-order valence-corrected chi connectivity index (χ3v) is 3.84. The Hall–Kier alpha value is -3.01. The molecule has 0 unspecified atom stereocenters. The lowest BCUT2D eigenvalue weighted by Gasteiger charge is -2.05. The third kappa shape index (κ3) is 2.71. The highest BCUT2D eigenvalue weighted by atomic mass is 15.3. The van der Waals surface area contributed by atoms with Gasteiger partial charge in [-0.2, -0.15) is 5.10 Å². The van der Waals surface area contributed by atoms with E-state index in [2.05, 4.69) is 41.2 Å². The highest BCUT2D eigenvalue weighted by molar-refractivity contribution is 5.61. The number of hydrogen-bond donors (Lipinski definition) is 0. The van der Waals surface area contributed by atoms with Crippen molar-refractivity contribution in [1.82, 2.24) is 19.6 Å². The maximum atomic E-state index is 4.76. The molecular weight excluding hydrogens is 284 g/mol. The van der Waals surface area contributed by atoms with E-state index in [1.54, 1.807) is 6.20 Å². The zero-order valence-corrected chi connectivity index (χ0v) is 12.8. The lowest BCUT2D eigenvalue weighted by Crippen LogP contribution is -2.00. The molecule has 0 N–H and O–H groups in total. The normalized spacial score (nSPS) is 11.0. The molecule has 0 bridgehead atoms. The molecule has 3 heterocycles. The van der Waals surface area contributed by atoms with Crippen LogP contribution in [0.4, 0.5) is 0 Å². The molecule has 0 atom stereocenters. The second-order valence-corrected chi connectivity index (χ2v) is 5.65. The van der Waals surface area contributed by atoms with Crippen LogP contribution in [-0.2, 0) is 6.42 Å². The van der Waals surface area contributed by atoms with Gasteiger partial charge in [-0.15, -0.1) is 0 Å². The Morgan fingerprint density at radius 3 is 2.78 bits per heavy atom. The number of hydrogen-bond acceptors (Lipinski definition) is 3. The standard InChI is InChI=1S/C19H16N4/c1-14-4-2-5-15(10-14)11-17-7-8-19-21-13-18(23(19)22-17)16-6-3-9-20-12-16/h2-10,12-13H,11H2,1H3. The van der Waals surface area contributed by atoms with Crippen LogP contribution >= 0.6 is 0 Å². The van der Waals surface area contributed by atoms with Crippen LogP contribution < -0.4 is 0 Å². The Labute approximate surface area is 134 Å². The van der Waals surface area contributed by atoms with Crippen LogP contribution in [0.25, 0.3) is 16.9 Å². The highest BCUT2D eigenvalue weighted by Gasteiger charge is 2.08. The van der Waals surface area contributed by atoms with Gasteiger partial charge in [-0.25, -0.2) is 9.50 Å². The fourth-order valence-corrected chi connectivity index (χ4v) is 2.75. The maximum absolute atomic E-state index is 4.76. The van der Waals surface area contributed by atoms with Crippen molar-refractivity contribution in [1.29, 1.82) is 0 Å². The lowest BCUT2D eigenvalue weighted by molar-refractivity contribution is 0.878.